The molecule has 1 aromatic heterocycles. The quantitative estimate of drug-likeness (QED) is 0.542. The summed E-state index contributed by atoms with van der Waals surface area (Å²) in [6.45, 7) is 3.27. The third kappa shape index (κ3) is 3.55. The van der Waals surface area contributed by atoms with Crippen molar-refractivity contribution in [2.75, 3.05) is 5.32 Å². The summed E-state index contributed by atoms with van der Waals surface area (Å²) < 4.78 is 27.2. The Morgan fingerprint density at radius 2 is 1.78 bits per heavy atom. The third-order valence-electron chi connectivity index (χ3n) is 4.02. The SMILES string of the molecule is CC(C)C(=O)c1c(Nc2ccc(F)cc2F)[nH]c2c(Cl)ccc(Cl)c2c1=O. The molecule has 140 valence electrons. The van der Waals surface area contributed by atoms with Crippen LogP contribution in [0.5, 0.6) is 0 Å². The topological polar surface area (TPSA) is 62.0 Å². The number of hydrogen-bond acceptors (Lipinski definition) is 3. The van der Waals surface area contributed by atoms with Crippen molar-refractivity contribution in [1.82, 2.24) is 4.98 Å². The zero-order valence-corrected chi connectivity index (χ0v) is 15.8. The number of rotatable bonds is 4. The number of Topliss-reactive ketones (excluding diaryl/α,β-unsaturated/α-hetero) is 1. The largest absolute Gasteiger partial charge is 0.339 e. The molecule has 1 heterocycles. The molecule has 4 nitrogen and oxygen atoms in total. The standard InChI is InChI=1S/C19H14Cl2F2N2O2/c1-8(2)17(26)15-18(27)14-10(20)4-5-11(21)16(14)25-19(15)24-13-6-3-9(22)7-12(13)23/h3-8H,1-2H3,(H2,24,25,27). The monoisotopic (exact) mass is 410 g/mol. The van der Waals surface area contributed by atoms with Crippen molar-refractivity contribution in [3.8, 4) is 0 Å². The zero-order chi connectivity index (χ0) is 19.9. The second kappa shape index (κ2) is 7.29. The van der Waals surface area contributed by atoms with Gasteiger partial charge < -0.3 is 10.3 Å². The number of benzene rings is 2. The fourth-order valence-electron chi connectivity index (χ4n) is 2.67. The maximum absolute atomic E-state index is 14.1. The van der Waals surface area contributed by atoms with E-state index in [9.17, 15) is 18.4 Å². The Morgan fingerprint density at radius 3 is 2.41 bits per heavy atom. The Hall–Kier alpha value is -2.44. The Kier molecular flexibility index (Phi) is 5.22. The van der Waals surface area contributed by atoms with E-state index in [0.29, 0.717) is 6.07 Å². The first-order chi connectivity index (χ1) is 12.7. The lowest BCUT2D eigenvalue weighted by molar-refractivity contribution is 0.0939. The van der Waals surface area contributed by atoms with Crippen LogP contribution in [-0.2, 0) is 0 Å². The molecule has 0 aliphatic heterocycles. The van der Waals surface area contributed by atoms with Crippen LogP contribution in [0.25, 0.3) is 10.9 Å². The van der Waals surface area contributed by atoms with Crippen molar-refractivity contribution in [1.29, 1.82) is 0 Å². The van der Waals surface area contributed by atoms with E-state index < -0.39 is 28.8 Å². The fourth-order valence-corrected chi connectivity index (χ4v) is 3.11. The van der Waals surface area contributed by atoms with E-state index in [4.69, 9.17) is 23.2 Å². The minimum atomic E-state index is -0.879. The van der Waals surface area contributed by atoms with Gasteiger partial charge in [-0.3, -0.25) is 9.59 Å². The summed E-state index contributed by atoms with van der Waals surface area (Å²) in [6.07, 6.45) is 0. The second-order valence-corrected chi connectivity index (χ2v) is 7.07. The number of hydrogen-bond donors (Lipinski definition) is 2. The number of H-pyrrole nitrogens is 1. The second-order valence-electron chi connectivity index (χ2n) is 6.25. The van der Waals surface area contributed by atoms with Crippen LogP contribution in [0.4, 0.5) is 20.3 Å². The highest BCUT2D eigenvalue weighted by Crippen LogP contribution is 2.30. The summed E-state index contributed by atoms with van der Waals surface area (Å²) >= 11 is 12.3. The number of halogens is 4. The summed E-state index contributed by atoms with van der Waals surface area (Å²) in [5, 5.41) is 3.07. The van der Waals surface area contributed by atoms with Crippen LogP contribution >= 0.6 is 23.2 Å². The Balaban J connectivity index is 2.32. The molecule has 0 bridgehead atoms. The first-order valence-corrected chi connectivity index (χ1v) is 8.76. The van der Waals surface area contributed by atoms with Crippen LogP contribution in [0.2, 0.25) is 10.0 Å². The van der Waals surface area contributed by atoms with Crippen LogP contribution in [-0.4, -0.2) is 10.8 Å². The van der Waals surface area contributed by atoms with E-state index in [1.54, 1.807) is 13.8 Å². The molecule has 0 atom stereocenters. The Morgan fingerprint density at radius 1 is 1.11 bits per heavy atom. The zero-order valence-electron chi connectivity index (χ0n) is 14.3. The maximum Gasteiger partial charge on any atom is 0.203 e. The lowest BCUT2D eigenvalue weighted by Gasteiger charge is -2.15. The van der Waals surface area contributed by atoms with Crippen LogP contribution in [0, 0.1) is 17.6 Å². The van der Waals surface area contributed by atoms with Crippen molar-refractivity contribution in [2.45, 2.75) is 13.8 Å². The van der Waals surface area contributed by atoms with Gasteiger partial charge in [0.1, 0.15) is 23.0 Å². The molecule has 0 aliphatic rings. The maximum atomic E-state index is 14.1. The van der Waals surface area contributed by atoms with Gasteiger partial charge in [0, 0.05) is 12.0 Å². The molecule has 0 spiro atoms. The number of carbonyl (C=O) groups excluding carboxylic acids is 1. The Bertz CT molecular complexity index is 1130. The molecule has 2 aromatic carbocycles. The summed E-state index contributed by atoms with van der Waals surface area (Å²) in [4.78, 5) is 28.5. The smallest absolute Gasteiger partial charge is 0.203 e. The van der Waals surface area contributed by atoms with E-state index in [1.807, 2.05) is 0 Å². The molecule has 2 N–H and O–H groups in total. The van der Waals surface area contributed by atoms with E-state index in [1.165, 1.54) is 12.1 Å². The van der Waals surface area contributed by atoms with E-state index in [-0.39, 0.29) is 38.0 Å². The lowest BCUT2D eigenvalue weighted by atomic mass is 9.99. The van der Waals surface area contributed by atoms with Crippen molar-refractivity contribution in [2.24, 2.45) is 5.92 Å². The summed E-state index contributed by atoms with van der Waals surface area (Å²) in [5.41, 5.74) is -0.729. The molecule has 3 aromatic rings. The van der Waals surface area contributed by atoms with Gasteiger partial charge in [0.25, 0.3) is 0 Å². The van der Waals surface area contributed by atoms with Crippen molar-refractivity contribution in [3.63, 3.8) is 0 Å². The van der Waals surface area contributed by atoms with E-state index in [0.717, 1.165) is 12.1 Å². The summed E-state index contributed by atoms with van der Waals surface area (Å²) in [5.74, 6) is -2.63. The number of fused-ring (bicyclic) bond motifs is 1. The number of ketones is 1. The van der Waals surface area contributed by atoms with Crippen molar-refractivity contribution < 1.29 is 13.6 Å². The minimum absolute atomic E-state index is 0.0409. The number of carbonyl (C=O) groups is 1. The van der Waals surface area contributed by atoms with Gasteiger partial charge in [-0.05, 0) is 24.3 Å². The van der Waals surface area contributed by atoms with Crippen molar-refractivity contribution in [3.05, 3.63) is 67.8 Å². The van der Waals surface area contributed by atoms with Gasteiger partial charge >= 0.3 is 0 Å². The van der Waals surface area contributed by atoms with Gasteiger partial charge in [0.15, 0.2) is 5.78 Å². The molecule has 3 rings (SSSR count). The molecule has 0 saturated heterocycles. The molecule has 0 unspecified atom stereocenters. The predicted octanol–water partition coefficient (Wildman–Crippen LogP) is 5.70. The van der Waals surface area contributed by atoms with E-state index >= 15 is 0 Å². The average Bonchev–Trinajstić information content (AvgIpc) is 2.60. The molecule has 0 saturated carbocycles. The minimum Gasteiger partial charge on any atom is -0.339 e. The first-order valence-electron chi connectivity index (χ1n) is 8.01. The fraction of sp³-hybridized carbons (Fsp3) is 0.158. The molecule has 27 heavy (non-hydrogen) atoms. The lowest BCUT2D eigenvalue weighted by Crippen LogP contribution is -2.23. The van der Waals surface area contributed by atoms with Crippen LogP contribution in [0.3, 0.4) is 0 Å². The van der Waals surface area contributed by atoms with Gasteiger partial charge in [0.05, 0.1) is 26.6 Å². The average molecular weight is 411 g/mol. The highest BCUT2D eigenvalue weighted by atomic mass is 35.5. The normalized spacial score (nSPS) is 11.2. The number of nitrogens with one attached hydrogen (secondary N) is 2. The van der Waals surface area contributed by atoms with Crippen LogP contribution < -0.4 is 10.7 Å². The van der Waals surface area contributed by atoms with Gasteiger partial charge in [-0.2, -0.15) is 0 Å². The van der Waals surface area contributed by atoms with Crippen LogP contribution in [0.1, 0.15) is 24.2 Å². The molecular formula is C19H14Cl2F2N2O2. The highest BCUT2D eigenvalue weighted by Gasteiger charge is 2.24. The molecule has 0 radical (unpaired) electrons. The number of aromatic amines is 1. The third-order valence-corrected chi connectivity index (χ3v) is 4.65. The number of pyridine rings is 1. The summed E-state index contributed by atoms with van der Waals surface area (Å²) in [7, 11) is 0. The van der Waals surface area contributed by atoms with Crippen molar-refractivity contribution >= 4 is 51.4 Å². The predicted molar refractivity (Wildman–Crippen MR) is 103 cm³/mol. The molecular weight excluding hydrogens is 397 g/mol. The highest BCUT2D eigenvalue weighted by molar-refractivity contribution is 6.40. The summed E-state index contributed by atoms with van der Waals surface area (Å²) in [6, 6.07) is 5.86. The Labute approximate surface area is 163 Å². The molecule has 0 amide bonds. The van der Waals surface area contributed by atoms with Crippen LogP contribution in [0.15, 0.2) is 35.1 Å². The number of aromatic nitrogens is 1. The molecule has 0 aliphatic carbocycles. The van der Waals surface area contributed by atoms with Gasteiger partial charge in [-0.1, -0.05) is 37.0 Å². The van der Waals surface area contributed by atoms with Gasteiger partial charge in [-0.15, -0.1) is 0 Å². The molecule has 8 heteroatoms. The molecule has 0 fully saturated rings. The van der Waals surface area contributed by atoms with Gasteiger partial charge in [-0.25, -0.2) is 8.78 Å². The number of anilines is 2. The first kappa shape index (κ1) is 19.3. The van der Waals surface area contributed by atoms with E-state index in [2.05, 4.69) is 10.3 Å². The van der Waals surface area contributed by atoms with Gasteiger partial charge in [0.2, 0.25) is 5.43 Å².